The molecule has 2 unspecified atom stereocenters. The summed E-state index contributed by atoms with van der Waals surface area (Å²) in [6.45, 7) is 4.77. The Labute approximate surface area is 178 Å². The van der Waals surface area contributed by atoms with Crippen LogP contribution in [0.25, 0.3) is 0 Å². The zero-order chi connectivity index (χ0) is 21.5. The lowest BCUT2D eigenvalue weighted by atomic mass is 9.68. The lowest BCUT2D eigenvalue weighted by molar-refractivity contribution is 0.0101. The molecule has 166 valence electrons. The summed E-state index contributed by atoms with van der Waals surface area (Å²) in [6, 6.07) is 6.32. The summed E-state index contributed by atoms with van der Waals surface area (Å²) >= 11 is 0. The summed E-state index contributed by atoms with van der Waals surface area (Å²) < 4.78 is 41.0. The maximum Gasteiger partial charge on any atom is 0.530 e. The largest absolute Gasteiger partial charge is 0.530 e. The van der Waals surface area contributed by atoms with Crippen molar-refractivity contribution < 1.29 is 27.6 Å². The number of rotatable bonds is 5. The molecule has 0 spiro atoms. The van der Waals surface area contributed by atoms with Crippen LogP contribution < -0.4 is 9.47 Å². The van der Waals surface area contributed by atoms with Crippen LogP contribution in [0.2, 0.25) is 0 Å². The maximum atomic E-state index is 13.0. The third kappa shape index (κ3) is 3.89. The minimum absolute atomic E-state index is 0.0511. The molecule has 0 N–H and O–H groups in total. The Bertz CT molecular complexity index is 859. The zero-order valence-electron chi connectivity index (χ0n) is 18.4. The van der Waals surface area contributed by atoms with Gasteiger partial charge in [0.25, 0.3) is 0 Å². The average molecular weight is 437 g/mol. The van der Waals surface area contributed by atoms with Crippen molar-refractivity contribution in [3.05, 3.63) is 35.6 Å². The molecule has 2 heterocycles. The summed E-state index contributed by atoms with van der Waals surface area (Å²) in [4.78, 5) is 2.32. The highest BCUT2D eigenvalue weighted by atomic mass is 31.2. The minimum Gasteiger partial charge on any atom is -0.493 e. The molecule has 2 fully saturated rings. The molecule has 1 aromatic carbocycles. The number of likely N-dealkylation sites (N-methyl/N-ethyl adjacent to an activating group) is 1. The maximum absolute atomic E-state index is 13.0. The van der Waals surface area contributed by atoms with E-state index in [1.165, 1.54) is 5.56 Å². The molecule has 4 rings (SSSR count). The predicted octanol–water partition coefficient (Wildman–Crippen LogP) is 4.66. The molecule has 0 saturated carbocycles. The second-order valence-electron chi connectivity index (χ2n) is 8.64. The molecule has 2 aliphatic heterocycles. The smallest absolute Gasteiger partial charge is 0.493 e. The van der Waals surface area contributed by atoms with Crippen LogP contribution in [0.5, 0.6) is 11.5 Å². The molecule has 1 aliphatic carbocycles. The molecule has 0 radical (unpaired) electrons. The van der Waals surface area contributed by atoms with Crippen molar-refractivity contribution in [2.75, 3.05) is 27.8 Å². The molecule has 3 aliphatic rings. The first-order valence-electron chi connectivity index (χ1n) is 10.6. The SMILES string of the molecule is COc1ccc([C@@]23CCC(OP4(=O)OC(C)CC(C)O4)=C[C@@H]2N(C)CC3)cc1OC. The van der Waals surface area contributed by atoms with Crippen LogP contribution in [0, 0.1) is 0 Å². The molecule has 0 aromatic heterocycles. The highest BCUT2D eigenvalue weighted by Crippen LogP contribution is 2.59. The van der Waals surface area contributed by atoms with E-state index in [0.29, 0.717) is 18.6 Å². The van der Waals surface area contributed by atoms with Crippen LogP contribution in [-0.2, 0) is 23.6 Å². The standard InChI is InChI=1S/C22H32NO6P/c1-15-12-16(2)28-30(24,27-15)29-18-8-9-22(10-11-23(3)21(22)14-18)17-6-7-19(25-4)20(13-17)26-5/h6-7,13-16,21H,8-12H2,1-5H3/t15?,16?,21-,22-,30?/m0/s1. The Morgan fingerprint density at radius 1 is 1.10 bits per heavy atom. The van der Waals surface area contributed by atoms with Crippen LogP contribution in [0.15, 0.2) is 30.0 Å². The van der Waals surface area contributed by atoms with Gasteiger partial charge in [-0.1, -0.05) is 6.07 Å². The van der Waals surface area contributed by atoms with Crippen molar-refractivity contribution in [2.45, 2.75) is 63.2 Å². The van der Waals surface area contributed by atoms with Gasteiger partial charge in [-0.25, -0.2) is 4.57 Å². The van der Waals surface area contributed by atoms with Crippen molar-refractivity contribution in [3.8, 4) is 11.5 Å². The lowest BCUT2D eigenvalue weighted by Crippen LogP contribution is -2.42. The number of hydrogen-bond donors (Lipinski definition) is 0. The third-order valence-electron chi connectivity index (χ3n) is 6.58. The highest BCUT2D eigenvalue weighted by Gasteiger charge is 2.49. The van der Waals surface area contributed by atoms with E-state index in [-0.39, 0.29) is 23.7 Å². The number of allylic oxidation sites excluding steroid dienone is 1. The number of nitrogens with zero attached hydrogens (tertiary/aromatic N) is 1. The van der Waals surface area contributed by atoms with E-state index in [1.54, 1.807) is 14.2 Å². The Hall–Kier alpha value is -1.53. The van der Waals surface area contributed by atoms with Crippen LogP contribution in [0.3, 0.4) is 0 Å². The van der Waals surface area contributed by atoms with Gasteiger partial charge in [0.1, 0.15) is 5.76 Å². The number of hydrogen-bond acceptors (Lipinski definition) is 7. The molecule has 0 amide bonds. The monoisotopic (exact) mass is 437 g/mol. The molecule has 8 heteroatoms. The van der Waals surface area contributed by atoms with Gasteiger partial charge in [0.05, 0.1) is 26.4 Å². The van der Waals surface area contributed by atoms with Gasteiger partial charge in [-0.15, -0.1) is 0 Å². The quantitative estimate of drug-likeness (QED) is 0.621. The van der Waals surface area contributed by atoms with Crippen molar-refractivity contribution in [1.82, 2.24) is 4.90 Å². The Kier molecular flexibility index (Phi) is 5.92. The summed E-state index contributed by atoms with van der Waals surface area (Å²) in [7, 11) is 1.83. The number of fused-ring (bicyclic) bond motifs is 1. The van der Waals surface area contributed by atoms with E-state index < -0.39 is 7.82 Å². The fraction of sp³-hybridized carbons (Fsp3) is 0.636. The topological polar surface area (TPSA) is 66.5 Å². The molecule has 0 bridgehead atoms. The van der Waals surface area contributed by atoms with Crippen LogP contribution in [0.4, 0.5) is 0 Å². The van der Waals surface area contributed by atoms with Crippen LogP contribution >= 0.6 is 7.82 Å². The second-order valence-corrected chi connectivity index (χ2v) is 10.1. The number of benzene rings is 1. The highest BCUT2D eigenvalue weighted by molar-refractivity contribution is 7.48. The van der Waals surface area contributed by atoms with Crippen LogP contribution in [0.1, 0.15) is 45.1 Å². The number of phosphoric acid groups is 1. The van der Waals surface area contributed by atoms with E-state index >= 15 is 0 Å². The first-order valence-corrected chi connectivity index (χ1v) is 12.0. The van der Waals surface area contributed by atoms with Gasteiger partial charge in [0.2, 0.25) is 0 Å². The summed E-state index contributed by atoms with van der Waals surface area (Å²) in [5.41, 5.74) is 1.17. The molecular formula is C22H32NO6P. The van der Waals surface area contributed by atoms with E-state index in [0.717, 1.165) is 30.9 Å². The first kappa shape index (κ1) is 21.7. The minimum atomic E-state index is -3.59. The Morgan fingerprint density at radius 3 is 2.47 bits per heavy atom. The first-order chi connectivity index (χ1) is 14.3. The van der Waals surface area contributed by atoms with E-state index in [2.05, 4.69) is 30.2 Å². The molecule has 2 saturated heterocycles. The van der Waals surface area contributed by atoms with Gasteiger partial charge < -0.3 is 14.0 Å². The second kappa shape index (κ2) is 8.19. The molecule has 30 heavy (non-hydrogen) atoms. The number of methoxy groups -OCH3 is 2. The number of phosphoric ester groups is 1. The van der Waals surface area contributed by atoms with E-state index in [1.807, 2.05) is 19.9 Å². The third-order valence-corrected chi connectivity index (χ3v) is 8.28. The summed E-state index contributed by atoms with van der Waals surface area (Å²) in [6.07, 6.45) is 5.11. The Balaban J connectivity index is 1.62. The van der Waals surface area contributed by atoms with Crippen molar-refractivity contribution in [1.29, 1.82) is 0 Å². The molecule has 7 nitrogen and oxygen atoms in total. The normalized spacial score (nSPS) is 36.7. The average Bonchev–Trinajstić information content (AvgIpc) is 3.03. The molecule has 4 atom stereocenters. The number of likely N-dealkylation sites (tertiary alicyclic amines) is 1. The van der Waals surface area contributed by atoms with Gasteiger partial charge in [-0.05, 0) is 64.1 Å². The fourth-order valence-corrected chi connectivity index (χ4v) is 6.77. The summed E-state index contributed by atoms with van der Waals surface area (Å²) in [5, 5.41) is 0. The van der Waals surface area contributed by atoms with Gasteiger partial charge >= 0.3 is 7.82 Å². The van der Waals surface area contributed by atoms with Crippen molar-refractivity contribution in [3.63, 3.8) is 0 Å². The lowest BCUT2D eigenvalue weighted by Gasteiger charge is -2.41. The number of ether oxygens (including phenoxy) is 2. The van der Waals surface area contributed by atoms with E-state index in [9.17, 15) is 4.57 Å². The van der Waals surface area contributed by atoms with Gasteiger partial charge in [-0.3, -0.25) is 13.9 Å². The van der Waals surface area contributed by atoms with Crippen molar-refractivity contribution in [2.24, 2.45) is 0 Å². The predicted molar refractivity (Wildman–Crippen MR) is 114 cm³/mol. The fourth-order valence-electron chi connectivity index (χ4n) is 5.14. The van der Waals surface area contributed by atoms with Crippen molar-refractivity contribution >= 4 is 7.82 Å². The zero-order valence-corrected chi connectivity index (χ0v) is 19.3. The van der Waals surface area contributed by atoms with Gasteiger partial charge in [0.15, 0.2) is 11.5 Å². The Morgan fingerprint density at radius 2 is 1.80 bits per heavy atom. The molecular weight excluding hydrogens is 405 g/mol. The molecule has 1 aromatic rings. The van der Waals surface area contributed by atoms with Gasteiger partial charge in [0, 0.05) is 24.3 Å². The van der Waals surface area contributed by atoms with Gasteiger partial charge in [-0.2, -0.15) is 0 Å². The van der Waals surface area contributed by atoms with Crippen LogP contribution in [-0.4, -0.2) is 51.0 Å². The summed E-state index contributed by atoms with van der Waals surface area (Å²) in [5.74, 6) is 2.15. The van der Waals surface area contributed by atoms with E-state index in [4.69, 9.17) is 23.0 Å².